The van der Waals surface area contributed by atoms with Crippen LogP contribution >= 0.6 is 0 Å². The van der Waals surface area contributed by atoms with Crippen LogP contribution in [-0.2, 0) is 31.3 Å². The first-order chi connectivity index (χ1) is 11.8. The van der Waals surface area contributed by atoms with Gasteiger partial charge in [-0.2, -0.15) is 4.31 Å². The highest BCUT2D eigenvalue weighted by molar-refractivity contribution is 7.89. The highest BCUT2D eigenvalue weighted by Gasteiger charge is 2.44. The van der Waals surface area contributed by atoms with Crippen LogP contribution in [0.4, 0.5) is 0 Å². The van der Waals surface area contributed by atoms with Gasteiger partial charge in [-0.15, -0.1) is 0 Å². The Kier molecular flexibility index (Phi) is 4.43. The lowest BCUT2D eigenvalue weighted by Gasteiger charge is -2.21. The topological polar surface area (TPSA) is 108 Å². The van der Waals surface area contributed by atoms with Gasteiger partial charge in [0.2, 0.25) is 10.0 Å². The molecule has 2 aromatic rings. The second-order valence-electron chi connectivity index (χ2n) is 5.76. The number of methoxy groups -OCH3 is 2. The van der Waals surface area contributed by atoms with Crippen molar-refractivity contribution in [3.05, 3.63) is 28.7 Å². The van der Waals surface area contributed by atoms with Crippen LogP contribution in [0.3, 0.4) is 0 Å². The molecule has 9 nitrogen and oxygen atoms in total. The predicted octanol–water partition coefficient (Wildman–Crippen LogP) is 0.0825. The average Bonchev–Trinajstić information content (AvgIpc) is 3.16. The Morgan fingerprint density at radius 2 is 2.04 bits per heavy atom. The van der Waals surface area contributed by atoms with Crippen molar-refractivity contribution in [3.8, 4) is 0 Å². The molecule has 1 saturated heterocycles. The Balaban J connectivity index is 2.06. The molecule has 3 rings (SSSR count). The third-order valence-electron chi connectivity index (χ3n) is 4.39. The second-order valence-corrected chi connectivity index (χ2v) is 7.65. The summed E-state index contributed by atoms with van der Waals surface area (Å²) in [7, 11) is 0.165. The van der Waals surface area contributed by atoms with E-state index >= 15 is 0 Å². The van der Waals surface area contributed by atoms with Crippen LogP contribution in [0.2, 0.25) is 0 Å². The average molecular weight is 370 g/mol. The molecule has 136 valence electrons. The zero-order valence-electron chi connectivity index (χ0n) is 14.0. The third-order valence-corrected chi connectivity index (χ3v) is 6.26. The summed E-state index contributed by atoms with van der Waals surface area (Å²) in [5, 5.41) is 0. The molecule has 0 aliphatic carbocycles. The van der Waals surface area contributed by atoms with Crippen molar-refractivity contribution in [2.24, 2.45) is 7.05 Å². The van der Waals surface area contributed by atoms with E-state index in [0.717, 1.165) is 4.31 Å². The Hall–Kier alpha value is -2.17. The van der Waals surface area contributed by atoms with E-state index in [2.05, 4.69) is 0 Å². The van der Waals surface area contributed by atoms with Crippen LogP contribution in [0, 0.1) is 0 Å². The monoisotopic (exact) mass is 370 g/mol. The predicted molar refractivity (Wildman–Crippen MR) is 86.6 cm³/mol. The van der Waals surface area contributed by atoms with Crippen molar-refractivity contribution >= 4 is 27.1 Å². The van der Waals surface area contributed by atoms with Gasteiger partial charge in [-0.05, 0) is 18.2 Å². The molecule has 0 spiro atoms. The molecule has 1 aromatic carbocycles. The fraction of sp³-hybridized carbons (Fsp3) is 0.467. The number of aromatic nitrogens is 1. The molecule has 0 unspecified atom stereocenters. The summed E-state index contributed by atoms with van der Waals surface area (Å²) >= 11 is 0. The van der Waals surface area contributed by atoms with Crippen molar-refractivity contribution in [2.45, 2.75) is 23.5 Å². The maximum absolute atomic E-state index is 13.0. The minimum Gasteiger partial charge on any atom is -0.468 e. The Labute approximate surface area is 143 Å². The van der Waals surface area contributed by atoms with Crippen LogP contribution in [0.1, 0.15) is 6.42 Å². The molecule has 0 radical (unpaired) electrons. The normalized spacial score (nSPS) is 21.7. The first-order valence-corrected chi connectivity index (χ1v) is 8.95. The van der Waals surface area contributed by atoms with E-state index in [9.17, 15) is 18.0 Å². The minimum atomic E-state index is -3.99. The first-order valence-electron chi connectivity index (χ1n) is 7.51. The zero-order chi connectivity index (χ0) is 18.4. The minimum absolute atomic E-state index is 0.0398. The van der Waals surface area contributed by atoms with Crippen molar-refractivity contribution in [2.75, 3.05) is 20.8 Å². The number of aryl methyl sites for hydroxylation is 1. The zero-order valence-corrected chi connectivity index (χ0v) is 14.8. The number of fused-ring (bicyclic) bond motifs is 1. The van der Waals surface area contributed by atoms with Crippen LogP contribution in [0.25, 0.3) is 11.1 Å². The number of carbonyl (C=O) groups excluding carboxylic acids is 1. The standard InChI is InChI=1S/C15H18N2O7S/c1-16-11-7-10(4-5-13(11)24-15(16)19)25(20,21)17-8-9(22-2)6-12(17)14(18)23-3/h4-5,7,9,12H,6,8H2,1-3H3/t9-,12+/m0/s1. The first kappa shape index (κ1) is 17.6. The number of ether oxygens (including phenoxy) is 2. The lowest BCUT2D eigenvalue weighted by molar-refractivity contribution is -0.144. The summed E-state index contributed by atoms with van der Waals surface area (Å²) in [5.41, 5.74) is 0.635. The SMILES string of the molecule is COC(=O)[C@H]1C[C@H](OC)CN1S(=O)(=O)c1ccc2oc(=O)n(C)c2c1. The molecule has 1 fully saturated rings. The number of esters is 1. The van der Waals surface area contributed by atoms with Crippen LogP contribution in [-0.4, -0.2) is 56.2 Å². The number of rotatable bonds is 4. The molecule has 10 heteroatoms. The number of hydrogen-bond acceptors (Lipinski definition) is 7. The molecule has 1 aliphatic heterocycles. The quantitative estimate of drug-likeness (QED) is 0.702. The van der Waals surface area contributed by atoms with Crippen LogP contribution < -0.4 is 5.76 Å². The molecule has 0 saturated carbocycles. The molecule has 0 bridgehead atoms. The van der Waals surface area contributed by atoms with Crippen LogP contribution in [0.15, 0.2) is 32.3 Å². The van der Waals surface area contributed by atoms with Gasteiger partial charge in [0.05, 0.1) is 23.6 Å². The third kappa shape index (κ3) is 2.86. The van der Waals surface area contributed by atoms with Crippen LogP contribution in [0.5, 0.6) is 0 Å². The summed E-state index contributed by atoms with van der Waals surface area (Å²) < 4.78 is 43.3. The molecule has 0 amide bonds. The van der Waals surface area contributed by atoms with Gasteiger partial charge in [0.15, 0.2) is 5.58 Å². The van der Waals surface area contributed by atoms with Gasteiger partial charge in [0.25, 0.3) is 0 Å². The van der Waals surface area contributed by atoms with Crippen molar-refractivity contribution in [1.29, 1.82) is 0 Å². The van der Waals surface area contributed by atoms with E-state index in [1.54, 1.807) is 0 Å². The lowest BCUT2D eigenvalue weighted by atomic mass is 10.2. The second kappa shape index (κ2) is 6.28. The van der Waals surface area contributed by atoms with E-state index < -0.39 is 33.9 Å². The van der Waals surface area contributed by atoms with Gasteiger partial charge in [0.1, 0.15) is 6.04 Å². The number of hydrogen-bond donors (Lipinski definition) is 0. The Bertz CT molecular complexity index is 975. The van der Waals surface area contributed by atoms with Gasteiger partial charge in [-0.1, -0.05) is 0 Å². The van der Waals surface area contributed by atoms with Crippen molar-refractivity contribution in [1.82, 2.24) is 8.87 Å². The largest absolute Gasteiger partial charge is 0.468 e. The summed E-state index contributed by atoms with van der Waals surface area (Å²) in [6.07, 6.45) is -0.185. The van der Waals surface area contributed by atoms with Gasteiger partial charge in [0, 0.05) is 27.1 Å². The summed E-state index contributed by atoms with van der Waals surface area (Å²) in [6, 6.07) is 3.16. The molecule has 0 N–H and O–H groups in total. The number of nitrogens with zero attached hydrogens (tertiary/aromatic N) is 2. The van der Waals surface area contributed by atoms with Gasteiger partial charge in [-0.3, -0.25) is 9.36 Å². The van der Waals surface area contributed by atoms with E-state index in [-0.39, 0.29) is 23.4 Å². The Morgan fingerprint density at radius 1 is 1.32 bits per heavy atom. The van der Waals surface area contributed by atoms with E-state index in [1.165, 1.54) is 44.0 Å². The highest BCUT2D eigenvalue weighted by atomic mass is 32.2. The number of sulfonamides is 1. The molecular formula is C15H18N2O7S. The number of benzene rings is 1. The van der Waals surface area contributed by atoms with Gasteiger partial charge < -0.3 is 13.9 Å². The fourth-order valence-electron chi connectivity index (χ4n) is 2.96. The van der Waals surface area contributed by atoms with Gasteiger partial charge >= 0.3 is 11.7 Å². The van der Waals surface area contributed by atoms with Crippen molar-refractivity contribution in [3.63, 3.8) is 0 Å². The molecule has 2 atom stereocenters. The molecular weight excluding hydrogens is 352 g/mol. The molecule has 1 aliphatic rings. The Morgan fingerprint density at radius 3 is 2.68 bits per heavy atom. The highest BCUT2D eigenvalue weighted by Crippen LogP contribution is 2.29. The lowest BCUT2D eigenvalue weighted by Crippen LogP contribution is -2.41. The number of oxazole rings is 1. The molecule has 1 aromatic heterocycles. The van der Waals surface area contributed by atoms with E-state index in [1.807, 2.05) is 0 Å². The van der Waals surface area contributed by atoms with Crippen molar-refractivity contribution < 1.29 is 27.1 Å². The summed E-state index contributed by atoms with van der Waals surface area (Å²) in [6.45, 7) is 0.0426. The maximum atomic E-state index is 13.0. The maximum Gasteiger partial charge on any atom is 0.419 e. The fourth-order valence-corrected chi connectivity index (χ4v) is 4.60. The summed E-state index contributed by atoms with van der Waals surface area (Å²) in [5.74, 6) is -1.22. The van der Waals surface area contributed by atoms with E-state index in [0.29, 0.717) is 5.52 Å². The summed E-state index contributed by atoms with van der Waals surface area (Å²) in [4.78, 5) is 23.5. The molecule has 25 heavy (non-hydrogen) atoms. The molecule has 2 heterocycles. The van der Waals surface area contributed by atoms with Gasteiger partial charge in [-0.25, -0.2) is 13.2 Å². The smallest absolute Gasteiger partial charge is 0.419 e. The number of carbonyl (C=O) groups is 1. The van der Waals surface area contributed by atoms with E-state index in [4.69, 9.17) is 13.9 Å².